The zero-order valence-electron chi connectivity index (χ0n) is 10.8. The first kappa shape index (κ1) is 11.4. The highest BCUT2D eigenvalue weighted by Gasteiger charge is 2.32. The van der Waals surface area contributed by atoms with Crippen molar-refractivity contribution in [2.75, 3.05) is 13.1 Å². The molecule has 94 valence electrons. The molecule has 4 nitrogen and oxygen atoms in total. The lowest BCUT2D eigenvalue weighted by Gasteiger charge is -2.43. The highest BCUT2D eigenvalue weighted by Crippen LogP contribution is 2.30. The highest BCUT2D eigenvalue weighted by atomic mass is 15.4. The molecule has 1 fully saturated rings. The molecule has 3 rings (SSSR count). The normalized spacial score (nSPS) is 18.6. The largest absolute Gasteiger partial charge is 0.292 e. The van der Waals surface area contributed by atoms with E-state index in [1.54, 1.807) is 0 Å². The lowest BCUT2D eigenvalue weighted by atomic mass is 10.0. The van der Waals surface area contributed by atoms with Crippen LogP contribution in [0.2, 0.25) is 0 Å². The fourth-order valence-corrected chi connectivity index (χ4v) is 2.44. The molecule has 3 heterocycles. The van der Waals surface area contributed by atoms with Crippen molar-refractivity contribution in [3.63, 3.8) is 0 Å². The number of hydrogen-bond donors (Lipinski definition) is 0. The Morgan fingerprint density at radius 3 is 2.78 bits per heavy atom. The maximum Gasteiger partial charge on any atom is 0.0773 e. The summed E-state index contributed by atoms with van der Waals surface area (Å²) in [4.78, 5) is 6.64. The summed E-state index contributed by atoms with van der Waals surface area (Å²) in [5.41, 5.74) is 2.52. The van der Waals surface area contributed by atoms with Gasteiger partial charge in [-0.3, -0.25) is 14.6 Å². The quantitative estimate of drug-likeness (QED) is 0.827. The number of hydrogen-bond acceptors (Lipinski definition) is 3. The lowest BCUT2D eigenvalue weighted by Crippen LogP contribution is -2.48. The molecule has 0 amide bonds. The Balaban J connectivity index is 1.62. The Morgan fingerprint density at radius 1 is 1.33 bits per heavy atom. The molecule has 1 aliphatic rings. The van der Waals surface area contributed by atoms with Gasteiger partial charge in [0.25, 0.3) is 0 Å². The highest BCUT2D eigenvalue weighted by molar-refractivity contribution is 5.14. The van der Waals surface area contributed by atoms with E-state index in [1.807, 2.05) is 24.7 Å². The molecule has 1 atom stereocenters. The maximum atomic E-state index is 4.38. The second kappa shape index (κ2) is 4.53. The van der Waals surface area contributed by atoms with Gasteiger partial charge in [-0.2, -0.15) is 5.10 Å². The van der Waals surface area contributed by atoms with Crippen molar-refractivity contribution in [3.05, 3.63) is 48.0 Å². The summed E-state index contributed by atoms with van der Waals surface area (Å²) in [7, 11) is 0. The van der Waals surface area contributed by atoms with Gasteiger partial charge in [0.2, 0.25) is 0 Å². The fourth-order valence-electron chi connectivity index (χ4n) is 2.44. The van der Waals surface area contributed by atoms with Crippen molar-refractivity contribution in [3.8, 4) is 0 Å². The van der Waals surface area contributed by atoms with E-state index in [1.165, 1.54) is 11.1 Å². The summed E-state index contributed by atoms with van der Waals surface area (Å²) in [6.45, 7) is 6.45. The van der Waals surface area contributed by atoms with E-state index in [2.05, 4.69) is 45.8 Å². The van der Waals surface area contributed by atoms with Gasteiger partial charge >= 0.3 is 0 Å². The van der Waals surface area contributed by atoms with Crippen molar-refractivity contribution in [2.45, 2.75) is 25.9 Å². The molecule has 1 unspecified atom stereocenters. The standard InChI is InChI=1S/C14H18N4/c1-11-6-16-18(8-11)14-9-17(10-14)12(2)13-4-3-5-15-7-13/h3-8,12,14H,9-10H2,1-2H3. The molecule has 2 aromatic heterocycles. The monoisotopic (exact) mass is 242 g/mol. The van der Waals surface area contributed by atoms with Crippen LogP contribution in [0, 0.1) is 6.92 Å². The topological polar surface area (TPSA) is 34.0 Å². The first-order valence-corrected chi connectivity index (χ1v) is 6.39. The molecule has 18 heavy (non-hydrogen) atoms. The van der Waals surface area contributed by atoms with Crippen molar-refractivity contribution < 1.29 is 0 Å². The predicted octanol–water partition coefficient (Wildman–Crippen LogP) is 2.20. The average molecular weight is 242 g/mol. The molecule has 2 aromatic rings. The van der Waals surface area contributed by atoms with Crippen LogP contribution in [0.5, 0.6) is 0 Å². The Hall–Kier alpha value is -1.68. The molecule has 0 N–H and O–H groups in total. The van der Waals surface area contributed by atoms with Gasteiger partial charge in [-0.15, -0.1) is 0 Å². The van der Waals surface area contributed by atoms with Crippen LogP contribution >= 0.6 is 0 Å². The fraction of sp³-hybridized carbons (Fsp3) is 0.429. The average Bonchev–Trinajstić information content (AvgIpc) is 2.75. The zero-order valence-corrected chi connectivity index (χ0v) is 10.8. The van der Waals surface area contributed by atoms with E-state index in [0.717, 1.165) is 13.1 Å². The summed E-state index contributed by atoms with van der Waals surface area (Å²) >= 11 is 0. The Kier molecular flexibility index (Phi) is 2.88. The van der Waals surface area contributed by atoms with Crippen LogP contribution in [0.25, 0.3) is 0 Å². The summed E-state index contributed by atoms with van der Waals surface area (Å²) < 4.78 is 2.09. The maximum absolute atomic E-state index is 4.38. The SMILES string of the molecule is Cc1cnn(C2CN(C(C)c3cccnc3)C2)c1. The number of likely N-dealkylation sites (tertiary alicyclic amines) is 1. The second-order valence-electron chi connectivity index (χ2n) is 5.07. The van der Waals surface area contributed by atoms with Gasteiger partial charge in [0.15, 0.2) is 0 Å². The van der Waals surface area contributed by atoms with E-state index >= 15 is 0 Å². The van der Waals surface area contributed by atoms with E-state index < -0.39 is 0 Å². The number of pyridine rings is 1. The Morgan fingerprint density at radius 2 is 2.17 bits per heavy atom. The van der Waals surface area contributed by atoms with Crippen LogP contribution < -0.4 is 0 Å². The van der Waals surface area contributed by atoms with E-state index in [-0.39, 0.29) is 0 Å². The molecule has 4 heteroatoms. The van der Waals surface area contributed by atoms with Gasteiger partial charge in [-0.25, -0.2) is 0 Å². The third-order valence-electron chi connectivity index (χ3n) is 3.71. The number of aromatic nitrogens is 3. The van der Waals surface area contributed by atoms with E-state index in [9.17, 15) is 0 Å². The van der Waals surface area contributed by atoms with Gasteiger partial charge in [-0.1, -0.05) is 6.07 Å². The summed E-state index contributed by atoms with van der Waals surface area (Å²) in [6, 6.07) is 5.10. The minimum atomic E-state index is 0.437. The Labute approximate surface area is 107 Å². The van der Waals surface area contributed by atoms with Crippen molar-refractivity contribution in [2.24, 2.45) is 0 Å². The van der Waals surface area contributed by atoms with Crippen molar-refractivity contribution >= 4 is 0 Å². The molecule has 0 spiro atoms. The molecule has 0 bridgehead atoms. The third-order valence-corrected chi connectivity index (χ3v) is 3.71. The van der Waals surface area contributed by atoms with Gasteiger partial charge in [-0.05, 0) is 31.0 Å². The predicted molar refractivity (Wildman–Crippen MR) is 70.2 cm³/mol. The Bertz CT molecular complexity index is 514. The van der Waals surface area contributed by atoms with Crippen molar-refractivity contribution in [1.82, 2.24) is 19.7 Å². The second-order valence-corrected chi connectivity index (χ2v) is 5.07. The smallest absolute Gasteiger partial charge is 0.0773 e. The number of rotatable bonds is 3. The van der Waals surface area contributed by atoms with E-state index in [4.69, 9.17) is 0 Å². The van der Waals surface area contributed by atoms with Gasteiger partial charge < -0.3 is 0 Å². The first-order chi connectivity index (χ1) is 8.74. The van der Waals surface area contributed by atoms with Crippen molar-refractivity contribution in [1.29, 1.82) is 0 Å². The molecule has 0 radical (unpaired) electrons. The number of aryl methyl sites for hydroxylation is 1. The van der Waals surface area contributed by atoms with Crippen LogP contribution in [0.15, 0.2) is 36.9 Å². The molecule has 0 aromatic carbocycles. The van der Waals surface area contributed by atoms with Crippen LogP contribution in [0.1, 0.15) is 30.1 Å². The molecule has 0 saturated carbocycles. The summed E-state index contributed by atoms with van der Waals surface area (Å²) in [5, 5.41) is 4.38. The first-order valence-electron chi connectivity index (χ1n) is 6.39. The van der Waals surface area contributed by atoms with Gasteiger partial charge in [0.1, 0.15) is 0 Å². The summed E-state index contributed by atoms with van der Waals surface area (Å²) in [6.07, 6.45) is 7.82. The van der Waals surface area contributed by atoms with Crippen LogP contribution in [-0.2, 0) is 0 Å². The molecular weight excluding hydrogens is 224 g/mol. The lowest BCUT2D eigenvalue weighted by molar-refractivity contribution is 0.0595. The summed E-state index contributed by atoms with van der Waals surface area (Å²) in [5.74, 6) is 0. The molecule has 1 saturated heterocycles. The minimum absolute atomic E-state index is 0.437. The zero-order chi connectivity index (χ0) is 12.5. The van der Waals surface area contributed by atoms with Gasteiger partial charge in [0.05, 0.1) is 12.2 Å². The van der Waals surface area contributed by atoms with E-state index in [0.29, 0.717) is 12.1 Å². The molecule has 1 aliphatic heterocycles. The third kappa shape index (κ3) is 2.04. The molecular formula is C14H18N4. The number of nitrogens with zero attached hydrogens (tertiary/aromatic N) is 4. The van der Waals surface area contributed by atoms with Crippen LogP contribution in [0.3, 0.4) is 0 Å². The minimum Gasteiger partial charge on any atom is -0.292 e. The molecule has 0 aliphatic carbocycles. The van der Waals surface area contributed by atoms with Crippen LogP contribution in [-0.4, -0.2) is 32.8 Å². The van der Waals surface area contributed by atoms with Gasteiger partial charge in [0, 0.05) is 37.7 Å². The van der Waals surface area contributed by atoms with Crippen LogP contribution in [0.4, 0.5) is 0 Å².